The standard InChI is InChI=1S/C13H26N2OS/c1-3-5-6-12(4-2)11-14-13(17)15-7-9-16-10-8-15/h12H,3-11H2,1-2H3,(H,14,17). The molecule has 100 valence electrons. The van der Waals surface area contributed by atoms with Gasteiger partial charge in [0.1, 0.15) is 0 Å². The molecular formula is C13H26N2OS. The average Bonchev–Trinajstić information content (AvgIpc) is 2.39. The van der Waals surface area contributed by atoms with Crippen molar-refractivity contribution in [3.8, 4) is 0 Å². The number of morpholine rings is 1. The van der Waals surface area contributed by atoms with Crippen molar-refractivity contribution < 1.29 is 4.74 Å². The van der Waals surface area contributed by atoms with Gasteiger partial charge in [0.25, 0.3) is 0 Å². The third kappa shape index (κ3) is 5.68. The van der Waals surface area contributed by atoms with E-state index in [0.717, 1.165) is 43.9 Å². The first-order valence-corrected chi connectivity index (χ1v) is 7.29. The fourth-order valence-electron chi connectivity index (χ4n) is 2.05. The number of nitrogens with zero attached hydrogens (tertiary/aromatic N) is 1. The van der Waals surface area contributed by atoms with Gasteiger partial charge in [0.2, 0.25) is 0 Å². The third-order valence-electron chi connectivity index (χ3n) is 3.38. The van der Waals surface area contributed by atoms with E-state index < -0.39 is 0 Å². The van der Waals surface area contributed by atoms with E-state index in [1.54, 1.807) is 0 Å². The molecule has 0 aromatic carbocycles. The molecule has 0 spiro atoms. The molecule has 1 aliphatic heterocycles. The molecule has 1 N–H and O–H groups in total. The number of hydrogen-bond donors (Lipinski definition) is 1. The topological polar surface area (TPSA) is 24.5 Å². The van der Waals surface area contributed by atoms with Crippen molar-refractivity contribution in [3.05, 3.63) is 0 Å². The van der Waals surface area contributed by atoms with E-state index in [4.69, 9.17) is 17.0 Å². The fraction of sp³-hybridized carbons (Fsp3) is 0.923. The van der Waals surface area contributed by atoms with Gasteiger partial charge in [0, 0.05) is 19.6 Å². The first-order valence-electron chi connectivity index (χ1n) is 6.88. The second kappa shape index (κ2) is 8.70. The Morgan fingerprint density at radius 3 is 2.65 bits per heavy atom. The minimum atomic E-state index is 0.758. The van der Waals surface area contributed by atoms with Crippen LogP contribution in [0.15, 0.2) is 0 Å². The van der Waals surface area contributed by atoms with Gasteiger partial charge in [0.15, 0.2) is 5.11 Å². The molecule has 1 fully saturated rings. The van der Waals surface area contributed by atoms with E-state index in [9.17, 15) is 0 Å². The zero-order valence-electron chi connectivity index (χ0n) is 11.2. The Bertz CT molecular complexity index is 217. The molecule has 1 heterocycles. The van der Waals surface area contributed by atoms with Crippen LogP contribution in [-0.2, 0) is 4.74 Å². The molecule has 0 bridgehead atoms. The number of unbranched alkanes of at least 4 members (excludes halogenated alkanes) is 1. The van der Waals surface area contributed by atoms with Crippen LogP contribution in [-0.4, -0.2) is 42.9 Å². The number of thiocarbonyl (C=S) groups is 1. The average molecular weight is 258 g/mol. The monoisotopic (exact) mass is 258 g/mol. The number of rotatable bonds is 6. The van der Waals surface area contributed by atoms with E-state index in [0.29, 0.717) is 0 Å². The molecule has 3 nitrogen and oxygen atoms in total. The Labute approximate surface area is 111 Å². The van der Waals surface area contributed by atoms with Crippen molar-refractivity contribution in [3.63, 3.8) is 0 Å². The molecule has 0 aromatic heterocycles. The van der Waals surface area contributed by atoms with Gasteiger partial charge in [-0.15, -0.1) is 0 Å². The van der Waals surface area contributed by atoms with Crippen LogP contribution in [0.5, 0.6) is 0 Å². The van der Waals surface area contributed by atoms with Gasteiger partial charge in [0.05, 0.1) is 13.2 Å². The highest BCUT2D eigenvalue weighted by atomic mass is 32.1. The highest BCUT2D eigenvalue weighted by Gasteiger charge is 2.14. The molecule has 0 amide bonds. The van der Waals surface area contributed by atoms with Gasteiger partial charge in [-0.25, -0.2) is 0 Å². The van der Waals surface area contributed by atoms with Crippen LogP contribution < -0.4 is 5.32 Å². The molecule has 1 unspecified atom stereocenters. The lowest BCUT2D eigenvalue weighted by atomic mass is 9.99. The Morgan fingerprint density at radius 1 is 1.35 bits per heavy atom. The summed E-state index contributed by atoms with van der Waals surface area (Å²) in [5.41, 5.74) is 0. The molecule has 4 heteroatoms. The maximum atomic E-state index is 5.41. The maximum Gasteiger partial charge on any atom is 0.169 e. The lowest BCUT2D eigenvalue weighted by Crippen LogP contribution is -2.47. The molecule has 0 radical (unpaired) electrons. The Hall–Kier alpha value is -0.350. The number of ether oxygens (including phenoxy) is 1. The SMILES string of the molecule is CCCCC(CC)CNC(=S)N1CCOCC1. The van der Waals surface area contributed by atoms with Gasteiger partial charge in [-0.1, -0.05) is 33.1 Å². The van der Waals surface area contributed by atoms with Crippen molar-refractivity contribution in [2.45, 2.75) is 39.5 Å². The number of nitrogens with one attached hydrogen (secondary N) is 1. The van der Waals surface area contributed by atoms with Crippen molar-refractivity contribution in [2.24, 2.45) is 5.92 Å². The summed E-state index contributed by atoms with van der Waals surface area (Å²) in [6.07, 6.45) is 5.15. The first kappa shape index (κ1) is 14.7. The van der Waals surface area contributed by atoms with E-state index in [1.807, 2.05) is 0 Å². The molecule has 17 heavy (non-hydrogen) atoms. The highest BCUT2D eigenvalue weighted by Crippen LogP contribution is 2.11. The van der Waals surface area contributed by atoms with Gasteiger partial charge in [-0.2, -0.15) is 0 Å². The number of hydrogen-bond acceptors (Lipinski definition) is 2. The summed E-state index contributed by atoms with van der Waals surface area (Å²) in [7, 11) is 0. The molecule has 1 rings (SSSR count). The van der Waals surface area contributed by atoms with Crippen LogP contribution in [0.2, 0.25) is 0 Å². The van der Waals surface area contributed by atoms with Crippen LogP contribution >= 0.6 is 12.2 Å². The van der Waals surface area contributed by atoms with Crippen LogP contribution in [0.1, 0.15) is 39.5 Å². The minimum absolute atomic E-state index is 0.758. The molecule has 1 atom stereocenters. The lowest BCUT2D eigenvalue weighted by Gasteiger charge is -2.30. The fourth-order valence-corrected chi connectivity index (χ4v) is 2.32. The molecule has 1 saturated heterocycles. The summed E-state index contributed by atoms with van der Waals surface area (Å²) in [5.74, 6) is 0.758. The van der Waals surface area contributed by atoms with E-state index in [-0.39, 0.29) is 0 Å². The lowest BCUT2D eigenvalue weighted by molar-refractivity contribution is 0.0676. The second-order valence-electron chi connectivity index (χ2n) is 4.70. The summed E-state index contributed by atoms with van der Waals surface area (Å²) < 4.78 is 5.32. The summed E-state index contributed by atoms with van der Waals surface area (Å²) >= 11 is 5.41. The normalized spacial score (nSPS) is 17.9. The highest BCUT2D eigenvalue weighted by molar-refractivity contribution is 7.80. The zero-order chi connectivity index (χ0) is 12.5. The van der Waals surface area contributed by atoms with Crippen molar-refractivity contribution in [1.29, 1.82) is 0 Å². The van der Waals surface area contributed by atoms with Crippen LogP contribution in [0.3, 0.4) is 0 Å². The summed E-state index contributed by atoms with van der Waals surface area (Å²) in [6, 6.07) is 0. The van der Waals surface area contributed by atoms with Gasteiger partial charge >= 0.3 is 0 Å². The Kier molecular flexibility index (Phi) is 7.53. The predicted octanol–water partition coefficient (Wildman–Crippen LogP) is 2.41. The largest absolute Gasteiger partial charge is 0.378 e. The van der Waals surface area contributed by atoms with Crippen LogP contribution in [0.25, 0.3) is 0 Å². The summed E-state index contributed by atoms with van der Waals surface area (Å²) in [5, 5.41) is 4.32. The van der Waals surface area contributed by atoms with Crippen molar-refractivity contribution in [2.75, 3.05) is 32.8 Å². The molecule has 0 aliphatic carbocycles. The van der Waals surface area contributed by atoms with E-state index in [1.165, 1.54) is 25.7 Å². The molecular weight excluding hydrogens is 232 g/mol. The third-order valence-corrected chi connectivity index (χ3v) is 3.79. The Balaban J connectivity index is 2.20. The predicted molar refractivity (Wildman–Crippen MR) is 76.3 cm³/mol. The van der Waals surface area contributed by atoms with Crippen LogP contribution in [0, 0.1) is 5.92 Å². The van der Waals surface area contributed by atoms with Crippen molar-refractivity contribution >= 4 is 17.3 Å². The van der Waals surface area contributed by atoms with Gasteiger partial charge < -0.3 is 15.0 Å². The summed E-state index contributed by atoms with van der Waals surface area (Å²) in [4.78, 5) is 2.21. The quantitative estimate of drug-likeness (QED) is 0.740. The van der Waals surface area contributed by atoms with Crippen molar-refractivity contribution in [1.82, 2.24) is 10.2 Å². The molecule has 0 saturated carbocycles. The zero-order valence-corrected chi connectivity index (χ0v) is 12.0. The first-order chi connectivity index (χ1) is 8.27. The smallest absolute Gasteiger partial charge is 0.169 e. The maximum absolute atomic E-state index is 5.41. The Morgan fingerprint density at radius 2 is 2.06 bits per heavy atom. The van der Waals surface area contributed by atoms with Gasteiger partial charge in [-0.05, 0) is 24.6 Å². The molecule has 1 aliphatic rings. The second-order valence-corrected chi connectivity index (χ2v) is 5.09. The van der Waals surface area contributed by atoms with Crippen LogP contribution in [0.4, 0.5) is 0 Å². The minimum Gasteiger partial charge on any atom is -0.378 e. The summed E-state index contributed by atoms with van der Waals surface area (Å²) in [6.45, 7) is 8.99. The van der Waals surface area contributed by atoms with E-state index in [2.05, 4.69) is 24.1 Å². The molecule has 0 aromatic rings. The van der Waals surface area contributed by atoms with E-state index >= 15 is 0 Å². The van der Waals surface area contributed by atoms with Gasteiger partial charge in [-0.3, -0.25) is 0 Å².